The maximum Gasteiger partial charge on any atom is 0.344 e. The number of hydrogen-bond donors (Lipinski definition) is 0. The molecule has 1 heterocycles. The summed E-state index contributed by atoms with van der Waals surface area (Å²) in [6, 6.07) is 3.69. The van der Waals surface area contributed by atoms with Crippen molar-refractivity contribution < 1.29 is 19.1 Å². The predicted octanol–water partition coefficient (Wildman–Crippen LogP) is 3.95. The van der Waals surface area contributed by atoms with E-state index >= 15 is 0 Å². The van der Waals surface area contributed by atoms with Crippen LogP contribution >= 0.6 is 11.6 Å². The maximum atomic E-state index is 12.1. The van der Waals surface area contributed by atoms with Crippen LogP contribution in [0.15, 0.2) is 12.1 Å². The van der Waals surface area contributed by atoms with Gasteiger partial charge in [-0.25, -0.2) is 4.79 Å². The Morgan fingerprint density at radius 3 is 2.69 bits per heavy atom. The van der Waals surface area contributed by atoms with E-state index in [9.17, 15) is 9.59 Å². The fourth-order valence-electron chi connectivity index (χ4n) is 3.07. The van der Waals surface area contributed by atoms with Crippen molar-refractivity contribution in [2.24, 2.45) is 5.92 Å². The first-order valence-corrected chi connectivity index (χ1v) is 9.52. The Labute approximate surface area is 160 Å². The van der Waals surface area contributed by atoms with E-state index in [0.717, 1.165) is 37.1 Å². The van der Waals surface area contributed by atoms with Crippen LogP contribution in [-0.4, -0.2) is 43.1 Å². The van der Waals surface area contributed by atoms with E-state index in [-0.39, 0.29) is 25.0 Å². The Morgan fingerprint density at radius 2 is 2.04 bits per heavy atom. The van der Waals surface area contributed by atoms with Crippen molar-refractivity contribution in [3.63, 3.8) is 0 Å². The van der Waals surface area contributed by atoms with Crippen LogP contribution in [0.1, 0.15) is 50.7 Å². The van der Waals surface area contributed by atoms with Gasteiger partial charge in [-0.05, 0) is 54.9 Å². The molecule has 0 bridgehead atoms. The predicted molar refractivity (Wildman–Crippen MR) is 102 cm³/mol. The molecule has 1 saturated heterocycles. The molecule has 6 heteroatoms. The third-order valence-electron chi connectivity index (χ3n) is 4.62. The molecule has 1 aromatic rings. The number of carbonyl (C=O) groups excluding carboxylic acids is 2. The van der Waals surface area contributed by atoms with Crippen molar-refractivity contribution in [2.75, 3.05) is 26.3 Å². The lowest BCUT2D eigenvalue weighted by atomic mass is 10.0. The van der Waals surface area contributed by atoms with E-state index in [1.807, 2.05) is 32.9 Å². The maximum absolute atomic E-state index is 12.1. The minimum Gasteiger partial charge on any atom is -0.482 e. The Kier molecular flexibility index (Phi) is 7.33. The van der Waals surface area contributed by atoms with Gasteiger partial charge in [0, 0.05) is 18.1 Å². The molecular formula is C20H28ClNO4. The Hall–Kier alpha value is -1.75. The normalized spacial score (nSPS) is 17.3. The molecule has 1 amide bonds. The van der Waals surface area contributed by atoms with Crippen molar-refractivity contribution in [1.29, 1.82) is 0 Å². The quantitative estimate of drug-likeness (QED) is 0.700. The molecule has 0 saturated carbocycles. The van der Waals surface area contributed by atoms with E-state index in [1.54, 1.807) is 4.90 Å². The van der Waals surface area contributed by atoms with E-state index in [0.29, 0.717) is 16.7 Å². The standard InChI is InChI=1S/C20H28ClNO4/c1-13(2)16-9-17(21)15(4)8-18(16)25-12-20(24)26-11-19(23)22-7-5-6-14(3)10-22/h8-9,13-14H,5-7,10-12H2,1-4H3. The Balaban J connectivity index is 1.85. The fraction of sp³-hybridized carbons (Fsp3) is 0.600. The molecule has 1 atom stereocenters. The molecule has 1 fully saturated rings. The smallest absolute Gasteiger partial charge is 0.344 e. The number of esters is 1. The van der Waals surface area contributed by atoms with Crippen LogP contribution in [0.5, 0.6) is 5.75 Å². The minimum atomic E-state index is -0.550. The second-order valence-corrected chi connectivity index (χ2v) is 7.74. The van der Waals surface area contributed by atoms with Gasteiger partial charge >= 0.3 is 5.97 Å². The summed E-state index contributed by atoms with van der Waals surface area (Å²) in [4.78, 5) is 25.9. The van der Waals surface area contributed by atoms with Gasteiger partial charge in [-0.1, -0.05) is 32.4 Å². The van der Waals surface area contributed by atoms with Gasteiger partial charge in [0.25, 0.3) is 5.91 Å². The SMILES string of the molecule is Cc1cc(OCC(=O)OCC(=O)N2CCCC(C)C2)c(C(C)C)cc1Cl. The number of aryl methyl sites for hydroxylation is 1. The largest absolute Gasteiger partial charge is 0.482 e. The molecule has 1 aromatic carbocycles. The topological polar surface area (TPSA) is 55.8 Å². The van der Waals surface area contributed by atoms with Crippen LogP contribution < -0.4 is 4.74 Å². The third kappa shape index (κ3) is 5.63. The van der Waals surface area contributed by atoms with Crippen LogP contribution in [-0.2, 0) is 14.3 Å². The van der Waals surface area contributed by atoms with Gasteiger partial charge in [0.05, 0.1) is 0 Å². The van der Waals surface area contributed by atoms with Crippen molar-refractivity contribution >= 4 is 23.5 Å². The number of hydrogen-bond acceptors (Lipinski definition) is 4. The highest BCUT2D eigenvalue weighted by Crippen LogP contribution is 2.32. The summed E-state index contributed by atoms with van der Waals surface area (Å²) in [6.07, 6.45) is 2.13. The summed E-state index contributed by atoms with van der Waals surface area (Å²) < 4.78 is 10.7. The van der Waals surface area contributed by atoms with Crippen LogP contribution in [0, 0.1) is 12.8 Å². The number of nitrogens with zero attached hydrogens (tertiary/aromatic N) is 1. The van der Waals surface area contributed by atoms with Gasteiger partial charge in [0.2, 0.25) is 0 Å². The van der Waals surface area contributed by atoms with Crippen LogP contribution in [0.25, 0.3) is 0 Å². The Bertz CT molecular complexity index is 659. The molecule has 1 aliphatic heterocycles. The summed E-state index contributed by atoms with van der Waals surface area (Å²) in [5.41, 5.74) is 1.82. The van der Waals surface area contributed by atoms with Gasteiger partial charge in [0.15, 0.2) is 13.2 Å². The molecule has 1 unspecified atom stereocenters. The zero-order valence-electron chi connectivity index (χ0n) is 16.0. The van der Waals surface area contributed by atoms with Crippen molar-refractivity contribution in [1.82, 2.24) is 4.90 Å². The molecule has 1 aliphatic rings. The van der Waals surface area contributed by atoms with Crippen molar-refractivity contribution in [3.05, 3.63) is 28.3 Å². The van der Waals surface area contributed by atoms with Crippen LogP contribution in [0.3, 0.4) is 0 Å². The first kappa shape index (κ1) is 20.6. The number of halogens is 1. The zero-order chi connectivity index (χ0) is 19.3. The third-order valence-corrected chi connectivity index (χ3v) is 5.03. The van der Waals surface area contributed by atoms with E-state index in [2.05, 4.69) is 6.92 Å². The zero-order valence-corrected chi connectivity index (χ0v) is 16.8. The average Bonchev–Trinajstić information content (AvgIpc) is 2.60. The minimum absolute atomic E-state index is 0.143. The van der Waals surface area contributed by atoms with Gasteiger partial charge < -0.3 is 14.4 Å². The monoisotopic (exact) mass is 381 g/mol. The van der Waals surface area contributed by atoms with Gasteiger partial charge in [-0.3, -0.25) is 4.79 Å². The van der Waals surface area contributed by atoms with E-state index in [1.165, 1.54) is 0 Å². The highest BCUT2D eigenvalue weighted by atomic mass is 35.5. The molecule has 2 rings (SSSR count). The summed E-state index contributed by atoms with van der Waals surface area (Å²) in [6.45, 7) is 9.08. The second kappa shape index (κ2) is 9.26. The van der Waals surface area contributed by atoms with E-state index in [4.69, 9.17) is 21.1 Å². The number of likely N-dealkylation sites (tertiary alicyclic amines) is 1. The molecule has 26 heavy (non-hydrogen) atoms. The fourth-order valence-corrected chi connectivity index (χ4v) is 3.25. The molecule has 144 valence electrons. The lowest BCUT2D eigenvalue weighted by Crippen LogP contribution is -2.41. The summed E-state index contributed by atoms with van der Waals surface area (Å²) in [5, 5.41) is 0.671. The summed E-state index contributed by atoms with van der Waals surface area (Å²) in [7, 11) is 0. The molecule has 0 aromatic heterocycles. The molecule has 5 nitrogen and oxygen atoms in total. The number of rotatable bonds is 6. The molecule has 0 aliphatic carbocycles. The Morgan fingerprint density at radius 1 is 1.31 bits per heavy atom. The highest BCUT2D eigenvalue weighted by Gasteiger charge is 2.22. The van der Waals surface area contributed by atoms with Crippen LogP contribution in [0.2, 0.25) is 5.02 Å². The lowest BCUT2D eigenvalue weighted by Gasteiger charge is -2.30. The molecule has 0 N–H and O–H groups in total. The van der Waals surface area contributed by atoms with E-state index < -0.39 is 5.97 Å². The highest BCUT2D eigenvalue weighted by molar-refractivity contribution is 6.31. The van der Waals surface area contributed by atoms with Gasteiger partial charge in [0.1, 0.15) is 5.75 Å². The number of benzene rings is 1. The number of ether oxygens (including phenoxy) is 2. The number of piperidine rings is 1. The molecular weight excluding hydrogens is 354 g/mol. The first-order valence-electron chi connectivity index (χ1n) is 9.14. The molecule has 0 spiro atoms. The second-order valence-electron chi connectivity index (χ2n) is 7.33. The van der Waals surface area contributed by atoms with Crippen molar-refractivity contribution in [2.45, 2.75) is 46.5 Å². The summed E-state index contributed by atoms with van der Waals surface area (Å²) >= 11 is 6.17. The van der Waals surface area contributed by atoms with Crippen LogP contribution in [0.4, 0.5) is 0 Å². The number of amides is 1. The van der Waals surface area contributed by atoms with Gasteiger partial charge in [-0.2, -0.15) is 0 Å². The first-order chi connectivity index (χ1) is 12.3. The van der Waals surface area contributed by atoms with Crippen molar-refractivity contribution in [3.8, 4) is 5.75 Å². The molecule has 0 radical (unpaired) electrons. The lowest BCUT2D eigenvalue weighted by molar-refractivity contribution is -0.154. The number of carbonyl (C=O) groups is 2. The summed E-state index contributed by atoms with van der Waals surface area (Å²) in [5.74, 6) is 0.631. The van der Waals surface area contributed by atoms with Gasteiger partial charge in [-0.15, -0.1) is 0 Å². The average molecular weight is 382 g/mol.